The van der Waals surface area contributed by atoms with Gasteiger partial charge in [-0.25, -0.2) is 13.4 Å². The van der Waals surface area contributed by atoms with Crippen LogP contribution in [0.3, 0.4) is 0 Å². The van der Waals surface area contributed by atoms with Gasteiger partial charge in [0.05, 0.1) is 12.2 Å². The summed E-state index contributed by atoms with van der Waals surface area (Å²) in [5, 5.41) is 18.7. The average Bonchev–Trinajstić information content (AvgIpc) is 2.60. The second kappa shape index (κ2) is 4.22. The fraction of sp³-hybridized carbons (Fsp3) is 0.444. The van der Waals surface area contributed by atoms with Crippen LogP contribution in [0.4, 0.5) is 5.82 Å². The van der Waals surface area contributed by atoms with Crippen LogP contribution < -0.4 is 5.73 Å². The lowest BCUT2D eigenvalue weighted by molar-refractivity contribution is 0.0572. The maximum Gasteiger partial charge on any atom is 0.244 e. The van der Waals surface area contributed by atoms with Gasteiger partial charge in [0, 0.05) is 19.3 Å². The quantitative estimate of drug-likeness (QED) is 0.588. The van der Waals surface area contributed by atoms with Gasteiger partial charge >= 0.3 is 0 Å². The van der Waals surface area contributed by atoms with Gasteiger partial charge in [0.1, 0.15) is 10.7 Å². The molecule has 1 aromatic rings. The van der Waals surface area contributed by atoms with Crippen molar-refractivity contribution in [1.82, 2.24) is 9.29 Å². The largest absolute Gasteiger partial charge is 0.389 e. The maximum atomic E-state index is 12.1. The SMILES string of the molecule is Nc1ccc(S(=O)(=O)N2CC(O)C(O)C2)cn1. The minimum Gasteiger partial charge on any atom is -0.389 e. The monoisotopic (exact) mass is 259 g/mol. The third-order valence-corrected chi connectivity index (χ3v) is 4.44. The van der Waals surface area contributed by atoms with Gasteiger partial charge in [-0.2, -0.15) is 4.31 Å². The van der Waals surface area contributed by atoms with E-state index in [0.29, 0.717) is 0 Å². The lowest BCUT2D eigenvalue weighted by Gasteiger charge is -2.15. The van der Waals surface area contributed by atoms with Crippen molar-refractivity contribution >= 4 is 15.8 Å². The van der Waals surface area contributed by atoms with Crippen molar-refractivity contribution in [1.29, 1.82) is 0 Å². The topological polar surface area (TPSA) is 117 Å². The fourth-order valence-corrected chi connectivity index (χ4v) is 3.05. The first-order chi connectivity index (χ1) is 7.91. The van der Waals surface area contributed by atoms with Gasteiger partial charge in [-0.3, -0.25) is 0 Å². The second-order valence-corrected chi connectivity index (χ2v) is 5.81. The highest BCUT2D eigenvalue weighted by atomic mass is 32.2. The number of nitrogen functional groups attached to an aromatic ring is 1. The first kappa shape index (κ1) is 12.2. The molecule has 1 aliphatic heterocycles. The van der Waals surface area contributed by atoms with E-state index in [1.165, 1.54) is 12.1 Å². The van der Waals surface area contributed by atoms with Gasteiger partial charge in [-0.15, -0.1) is 0 Å². The van der Waals surface area contributed by atoms with Crippen LogP contribution in [0.1, 0.15) is 0 Å². The lowest BCUT2D eigenvalue weighted by atomic mass is 10.3. The van der Waals surface area contributed by atoms with Gasteiger partial charge in [-0.05, 0) is 12.1 Å². The molecule has 2 heterocycles. The first-order valence-electron chi connectivity index (χ1n) is 4.99. The number of nitrogens with zero attached hydrogens (tertiary/aromatic N) is 2. The van der Waals surface area contributed by atoms with E-state index in [4.69, 9.17) is 5.73 Å². The number of pyridine rings is 1. The number of aliphatic hydroxyl groups is 2. The normalized spacial score (nSPS) is 26.2. The molecule has 0 amide bonds. The van der Waals surface area contributed by atoms with Crippen LogP contribution in [-0.4, -0.2) is 53.2 Å². The maximum absolute atomic E-state index is 12.1. The molecule has 0 aliphatic carbocycles. The first-order valence-corrected chi connectivity index (χ1v) is 6.43. The Balaban J connectivity index is 2.28. The Morgan fingerprint density at radius 3 is 2.35 bits per heavy atom. The van der Waals surface area contributed by atoms with Gasteiger partial charge in [0.25, 0.3) is 0 Å². The molecule has 2 atom stereocenters. The summed E-state index contributed by atoms with van der Waals surface area (Å²) in [6.07, 6.45) is -0.945. The molecule has 0 saturated carbocycles. The molecule has 17 heavy (non-hydrogen) atoms. The molecule has 94 valence electrons. The van der Waals surface area contributed by atoms with E-state index in [0.717, 1.165) is 10.5 Å². The van der Waals surface area contributed by atoms with Crippen LogP contribution >= 0.6 is 0 Å². The summed E-state index contributed by atoms with van der Waals surface area (Å²) in [5.74, 6) is 0.227. The summed E-state index contributed by atoms with van der Waals surface area (Å²) in [7, 11) is -3.73. The molecule has 1 saturated heterocycles. The average molecular weight is 259 g/mol. The predicted molar refractivity (Wildman–Crippen MR) is 59.4 cm³/mol. The van der Waals surface area contributed by atoms with Crippen molar-refractivity contribution in [2.75, 3.05) is 18.8 Å². The summed E-state index contributed by atoms with van der Waals surface area (Å²) >= 11 is 0. The summed E-state index contributed by atoms with van der Waals surface area (Å²) < 4.78 is 25.1. The highest BCUT2D eigenvalue weighted by molar-refractivity contribution is 7.89. The van der Waals surface area contributed by atoms with Crippen molar-refractivity contribution in [2.24, 2.45) is 0 Å². The molecule has 1 aromatic heterocycles. The molecule has 8 heteroatoms. The molecule has 7 nitrogen and oxygen atoms in total. The number of sulfonamides is 1. The van der Waals surface area contributed by atoms with Gasteiger partial charge < -0.3 is 15.9 Å². The fourth-order valence-electron chi connectivity index (χ4n) is 1.62. The summed E-state index contributed by atoms with van der Waals surface area (Å²) in [6, 6.07) is 2.73. The molecule has 0 spiro atoms. The van der Waals surface area contributed by atoms with Gasteiger partial charge in [0.2, 0.25) is 10.0 Å². The number of anilines is 1. The van der Waals surface area contributed by atoms with E-state index >= 15 is 0 Å². The molecule has 0 radical (unpaired) electrons. The number of hydrogen-bond donors (Lipinski definition) is 3. The minimum absolute atomic E-state index is 0.00648. The zero-order valence-electron chi connectivity index (χ0n) is 8.89. The van der Waals surface area contributed by atoms with Crippen LogP contribution in [-0.2, 0) is 10.0 Å². The van der Waals surface area contributed by atoms with Crippen LogP contribution in [0.5, 0.6) is 0 Å². The Hall–Kier alpha value is -1.22. The summed E-state index contributed by atoms with van der Waals surface area (Å²) in [6.45, 7) is -0.234. The summed E-state index contributed by atoms with van der Waals surface area (Å²) in [5.41, 5.74) is 5.37. The standard InChI is InChI=1S/C9H13N3O4S/c10-9-2-1-6(3-11-9)17(15,16)12-4-7(13)8(14)5-12/h1-3,7-8,13-14H,4-5H2,(H2,10,11). The number of hydrogen-bond acceptors (Lipinski definition) is 6. The third kappa shape index (κ3) is 2.25. The molecule has 2 rings (SSSR count). The molecule has 1 fully saturated rings. The van der Waals surface area contributed by atoms with Crippen LogP contribution in [0.25, 0.3) is 0 Å². The molecular formula is C9H13N3O4S. The summed E-state index contributed by atoms with van der Waals surface area (Å²) in [4.78, 5) is 3.70. The molecule has 1 aliphatic rings. The van der Waals surface area contributed by atoms with Crippen molar-refractivity contribution in [3.8, 4) is 0 Å². The van der Waals surface area contributed by atoms with Crippen LogP contribution in [0.15, 0.2) is 23.2 Å². The van der Waals surface area contributed by atoms with E-state index in [9.17, 15) is 18.6 Å². The highest BCUT2D eigenvalue weighted by Gasteiger charge is 2.37. The smallest absolute Gasteiger partial charge is 0.244 e. The van der Waals surface area contributed by atoms with Crippen LogP contribution in [0.2, 0.25) is 0 Å². The predicted octanol–water partition coefficient (Wildman–Crippen LogP) is -1.61. The second-order valence-electron chi connectivity index (χ2n) is 3.88. The minimum atomic E-state index is -3.73. The Morgan fingerprint density at radius 2 is 1.88 bits per heavy atom. The highest BCUT2D eigenvalue weighted by Crippen LogP contribution is 2.21. The zero-order valence-corrected chi connectivity index (χ0v) is 9.71. The number of rotatable bonds is 2. The number of β-amino-alcohol motifs (C(OH)–C–C–N with tert-alkyl or cyclic N) is 2. The van der Waals surface area contributed by atoms with E-state index in [1.807, 2.05) is 0 Å². The zero-order chi connectivity index (χ0) is 12.6. The lowest BCUT2D eigenvalue weighted by Crippen LogP contribution is -2.30. The Kier molecular flexibility index (Phi) is 3.04. The molecule has 2 unspecified atom stereocenters. The molecule has 0 bridgehead atoms. The number of nitrogens with two attached hydrogens (primary N) is 1. The van der Waals surface area contributed by atoms with E-state index in [-0.39, 0.29) is 23.8 Å². The van der Waals surface area contributed by atoms with E-state index < -0.39 is 22.2 Å². The molecular weight excluding hydrogens is 246 g/mol. The van der Waals surface area contributed by atoms with Crippen LogP contribution in [0, 0.1) is 0 Å². The number of aromatic nitrogens is 1. The van der Waals surface area contributed by atoms with E-state index in [2.05, 4.69) is 4.98 Å². The van der Waals surface area contributed by atoms with Crippen molar-refractivity contribution in [3.05, 3.63) is 18.3 Å². The van der Waals surface area contributed by atoms with Crippen molar-refractivity contribution in [2.45, 2.75) is 17.1 Å². The van der Waals surface area contributed by atoms with Crippen molar-refractivity contribution < 1.29 is 18.6 Å². The molecule has 4 N–H and O–H groups in total. The number of aliphatic hydroxyl groups excluding tert-OH is 2. The Labute approximate surface area is 98.6 Å². The van der Waals surface area contributed by atoms with Gasteiger partial charge in [0.15, 0.2) is 0 Å². The third-order valence-electron chi connectivity index (χ3n) is 2.62. The van der Waals surface area contributed by atoms with Crippen molar-refractivity contribution in [3.63, 3.8) is 0 Å². The van der Waals surface area contributed by atoms with Gasteiger partial charge in [-0.1, -0.05) is 0 Å². The Morgan fingerprint density at radius 1 is 1.29 bits per heavy atom. The Bertz CT molecular complexity index is 491. The molecule has 0 aromatic carbocycles. The van der Waals surface area contributed by atoms with E-state index in [1.54, 1.807) is 0 Å².